The van der Waals surface area contributed by atoms with Crippen LogP contribution in [0, 0.1) is 11.6 Å². The second-order valence-electron chi connectivity index (χ2n) is 6.37. The van der Waals surface area contributed by atoms with Gasteiger partial charge in [-0.05, 0) is 37.7 Å². The summed E-state index contributed by atoms with van der Waals surface area (Å²) in [5, 5.41) is 9.61. The summed E-state index contributed by atoms with van der Waals surface area (Å²) in [6, 6.07) is 3.32. The molecule has 3 rings (SSSR count). The molecule has 0 bridgehead atoms. The third-order valence-electron chi connectivity index (χ3n) is 4.37. The monoisotopic (exact) mass is 349 g/mol. The van der Waals surface area contributed by atoms with E-state index in [0.717, 1.165) is 37.3 Å². The summed E-state index contributed by atoms with van der Waals surface area (Å²) in [6.07, 6.45) is 7.57. The number of hydrogen-bond donors (Lipinski definition) is 2. The van der Waals surface area contributed by atoms with Gasteiger partial charge in [-0.3, -0.25) is 9.89 Å². The van der Waals surface area contributed by atoms with E-state index in [1.165, 1.54) is 12.1 Å². The van der Waals surface area contributed by atoms with Crippen molar-refractivity contribution < 1.29 is 18.3 Å². The fourth-order valence-electron chi connectivity index (χ4n) is 3.09. The number of hydrogen-bond acceptors (Lipinski definition) is 3. The van der Waals surface area contributed by atoms with Gasteiger partial charge in [-0.2, -0.15) is 5.10 Å². The van der Waals surface area contributed by atoms with Crippen LogP contribution in [0.15, 0.2) is 30.6 Å². The standard InChI is InChI=1S/C18H21F2N3O2/c19-13-7-14(20)9-17(8-13)25-16-4-2-15(3-5-16)23-18(24)6-1-12-10-21-22-11-12/h7-11,15-16H,1-6H2,(H,21,22)(H,23,24). The van der Waals surface area contributed by atoms with Crippen LogP contribution in [0.4, 0.5) is 8.78 Å². The van der Waals surface area contributed by atoms with Crippen LogP contribution in [0.5, 0.6) is 5.75 Å². The van der Waals surface area contributed by atoms with Crippen molar-refractivity contribution in [3.8, 4) is 5.75 Å². The Kier molecular flexibility index (Phi) is 5.63. The number of H-pyrrole nitrogens is 1. The molecule has 0 unspecified atom stereocenters. The molecular weight excluding hydrogens is 328 g/mol. The number of aromatic amines is 1. The third kappa shape index (κ3) is 5.27. The summed E-state index contributed by atoms with van der Waals surface area (Å²) in [4.78, 5) is 12.0. The van der Waals surface area contributed by atoms with Gasteiger partial charge in [0.15, 0.2) is 0 Å². The van der Waals surface area contributed by atoms with E-state index in [2.05, 4.69) is 15.5 Å². The normalized spacial score (nSPS) is 20.2. The minimum atomic E-state index is -0.645. The van der Waals surface area contributed by atoms with Gasteiger partial charge in [0.05, 0.1) is 12.3 Å². The first kappa shape index (κ1) is 17.4. The first-order valence-electron chi connectivity index (χ1n) is 8.48. The van der Waals surface area contributed by atoms with Gasteiger partial charge in [-0.15, -0.1) is 0 Å². The Morgan fingerprint density at radius 3 is 2.56 bits per heavy atom. The minimum absolute atomic E-state index is 0.0257. The van der Waals surface area contributed by atoms with Crippen LogP contribution < -0.4 is 10.1 Å². The maximum absolute atomic E-state index is 13.2. The highest BCUT2D eigenvalue weighted by atomic mass is 19.1. The van der Waals surface area contributed by atoms with Crippen LogP contribution in [-0.2, 0) is 11.2 Å². The van der Waals surface area contributed by atoms with Gasteiger partial charge in [0.1, 0.15) is 17.4 Å². The lowest BCUT2D eigenvalue weighted by Crippen LogP contribution is -2.39. The zero-order chi connectivity index (χ0) is 17.6. The Morgan fingerprint density at radius 1 is 1.20 bits per heavy atom. The van der Waals surface area contributed by atoms with Crippen LogP contribution in [-0.4, -0.2) is 28.3 Å². The summed E-state index contributed by atoms with van der Waals surface area (Å²) >= 11 is 0. The molecule has 5 nitrogen and oxygen atoms in total. The number of nitrogens with one attached hydrogen (secondary N) is 2. The van der Waals surface area contributed by atoms with Gasteiger partial charge in [-0.25, -0.2) is 8.78 Å². The quantitative estimate of drug-likeness (QED) is 0.842. The lowest BCUT2D eigenvalue weighted by atomic mass is 9.92. The molecule has 0 atom stereocenters. The fraction of sp³-hybridized carbons (Fsp3) is 0.444. The molecule has 1 aliphatic rings. The van der Waals surface area contributed by atoms with Crippen LogP contribution in [0.1, 0.15) is 37.7 Å². The number of ether oxygens (including phenoxy) is 1. The Morgan fingerprint density at radius 2 is 1.92 bits per heavy atom. The van der Waals surface area contributed by atoms with Crippen LogP contribution >= 0.6 is 0 Å². The number of carbonyl (C=O) groups excluding carboxylic acids is 1. The highest BCUT2D eigenvalue weighted by Crippen LogP contribution is 2.25. The second-order valence-corrected chi connectivity index (χ2v) is 6.37. The predicted octanol–water partition coefficient (Wildman–Crippen LogP) is 3.13. The van der Waals surface area contributed by atoms with Crippen LogP contribution in [0.3, 0.4) is 0 Å². The average molecular weight is 349 g/mol. The molecule has 25 heavy (non-hydrogen) atoms. The summed E-state index contributed by atoms with van der Waals surface area (Å²) in [7, 11) is 0. The van der Waals surface area contributed by atoms with Gasteiger partial charge < -0.3 is 10.1 Å². The SMILES string of the molecule is O=C(CCc1cn[nH]c1)NC1CCC(Oc2cc(F)cc(F)c2)CC1. The Labute approximate surface area is 144 Å². The van der Waals surface area contributed by atoms with Gasteiger partial charge in [0.25, 0.3) is 0 Å². The minimum Gasteiger partial charge on any atom is -0.490 e. The molecule has 1 saturated carbocycles. The zero-order valence-corrected chi connectivity index (χ0v) is 13.8. The largest absolute Gasteiger partial charge is 0.490 e. The van der Waals surface area contributed by atoms with E-state index >= 15 is 0 Å². The molecule has 0 radical (unpaired) electrons. The lowest BCUT2D eigenvalue weighted by molar-refractivity contribution is -0.122. The van der Waals surface area contributed by atoms with Crippen molar-refractivity contribution in [3.05, 3.63) is 47.8 Å². The maximum atomic E-state index is 13.2. The number of rotatable bonds is 6. The van der Waals surface area contributed by atoms with E-state index in [4.69, 9.17) is 4.74 Å². The first-order valence-corrected chi connectivity index (χ1v) is 8.48. The van der Waals surface area contributed by atoms with Crippen molar-refractivity contribution in [1.82, 2.24) is 15.5 Å². The smallest absolute Gasteiger partial charge is 0.220 e. The Hall–Kier alpha value is -2.44. The third-order valence-corrected chi connectivity index (χ3v) is 4.37. The van der Waals surface area contributed by atoms with E-state index in [1.54, 1.807) is 12.4 Å². The van der Waals surface area contributed by atoms with Gasteiger partial charge in [0.2, 0.25) is 5.91 Å². The van der Waals surface area contributed by atoms with E-state index in [1.807, 2.05) is 0 Å². The molecule has 0 aliphatic heterocycles. The van der Waals surface area contributed by atoms with Crippen molar-refractivity contribution in [2.75, 3.05) is 0 Å². The Balaban J connectivity index is 1.40. The number of nitrogens with zero attached hydrogens (tertiary/aromatic N) is 1. The number of halogens is 2. The number of amides is 1. The van der Waals surface area contributed by atoms with Crippen molar-refractivity contribution in [3.63, 3.8) is 0 Å². The van der Waals surface area contributed by atoms with E-state index < -0.39 is 11.6 Å². The number of carbonyl (C=O) groups is 1. The highest BCUT2D eigenvalue weighted by Gasteiger charge is 2.23. The summed E-state index contributed by atoms with van der Waals surface area (Å²) in [5.74, 6) is -1.05. The molecule has 0 saturated heterocycles. The van der Waals surface area contributed by atoms with Gasteiger partial charge >= 0.3 is 0 Å². The van der Waals surface area contributed by atoms with Crippen LogP contribution in [0.25, 0.3) is 0 Å². The number of benzene rings is 1. The molecule has 7 heteroatoms. The van der Waals surface area contributed by atoms with Crippen molar-refractivity contribution in [2.45, 2.75) is 50.7 Å². The molecule has 0 spiro atoms. The molecule has 1 amide bonds. The van der Waals surface area contributed by atoms with Gasteiger partial charge in [-0.1, -0.05) is 0 Å². The number of aromatic nitrogens is 2. The predicted molar refractivity (Wildman–Crippen MR) is 88.1 cm³/mol. The van der Waals surface area contributed by atoms with E-state index in [9.17, 15) is 13.6 Å². The van der Waals surface area contributed by atoms with E-state index in [-0.39, 0.29) is 23.8 Å². The number of aryl methyl sites for hydroxylation is 1. The molecule has 1 aromatic carbocycles. The molecule has 134 valence electrons. The van der Waals surface area contributed by atoms with E-state index in [0.29, 0.717) is 12.8 Å². The molecule has 1 aliphatic carbocycles. The zero-order valence-electron chi connectivity index (χ0n) is 13.8. The van der Waals surface area contributed by atoms with Gasteiger partial charge in [0, 0.05) is 36.9 Å². The summed E-state index contributed by atoms with van der Waals surface area (Å²) in [6.45, 7) is 0. The lowest BCUT2D eigenvalue weighted by Gasteiger charge is -2.29. The molecule has 2 aromatic rings. The Bertz CT molecular complexity index is 678. The van der Waals surface area contributed by atoms with Crippen molar-refractivity contribution >= 4 is 5.91 Å². The molecule has 2 N–H and O–H groups in total. The molecule has 1 fully saturated rings. The highest BCUT2D eigenvalue weighted by molar-refractivity contribution is 5.76. The topological polar surface area (TPSA) is 67.0 Å². The average Bonchev–Trinajstić information content (AvgIpc) is 3.07. The second kappa shape index (κ2) is 8.09. The summed E-state index contributed by atoms with van der Waals surface area (Å²) < 4.78 is 32.0. The first-order chi connectivity index (χ1) is 12.1. The molecule has 1 heterocycles. The van der Waals surface area contributed by atoms with Crippen molar-refractivity contribution in [1.29, 1.82) is 0 Å². The molecular formula is C18H21F2N3O2. The maximum Gasteiger partial charge on any atom is 0.220 e. The van der Waals surface area contributed by atoms with Crippen molar-refractivity contribution in [2.24, 2.45) is 0 Å². The molecule has 1 aromatic heterocycles. The summed E-state index contributed by atoms with van der Waals surface area (Å²) in [5.41, 5.74) is 1.01. The van der Waals surface area contributed by atoms with Crippen LogP contribution in [0.2, 0.25) is 0 Å². The fourth-order valence-corrected chi connectivity index (χ4v) is 3.09.